The van der Waals surface area contributed by atoms with Crippen molar-refractivity contribution < 1.29 is 22.6 Å². The van der Waals surface area contributed by atoms with Crippen molar-refractivity contribution in [1.29, 1.82) is 0 Å². The minimum atomic E-state index is -2.97. The van der Waals surface area contributed by atoms with Gasteiger partial charge < -0.3 is 19.5 Å². The average molecular weight is 449 g/mol. The smallest absolute Gasteiger partial charge is 0.219 e. The van der Waals surface area contributed by atoms with Crippen LogP contribution in [0.5, 0.6) is 17.4 Å². The average Bonchev–Trinajstić information content (AvgIpc) is 3.37. The summed E-state index contributed by atoms with van der Waals surface area (Å²) in [6.07, 6.45) is 5.14. The van der Waals surface area contributed by atoms with Crippen molar-refractivity contribution in [2.75, 3.05) is 30.0 Å². The number of nitrogens with zero attached hydrogens (tertiary/aromatic N) is 3. The van der Waals surface area contributed by atoms with Gasteiger partial charge in [-0.25, -0.2) is 23.4 Å². The van der Waals surface area contributed by atoms with E-state index in [1.165, 1.54) is 11.3 Å². The summed E-state index contributed by atoms with van der Waals surface area (Å²) in [6, 6.07) is 7.08. The van der Waals surface area contributed by atoms with Crippen LogP contribution < -0.4 is 14.8 Å². The molecule has 4 rings (SSSR count). The van der Waals surface area contributed by atoms with Gasteiger partial charge in [-0.1, -0.05) is 6.07 Å². The van der Waals surface area contributed by atoms with E-state index in [1.54, 1.807) is 36.8 Å². The second-order valence-electron chi connectivity index (χ2n) is 6.49. The summed E-state index contributed by atoms with van der Waals surface area (Å²) in [5.74, 6) is 2.10. The maximum absolute atomic E-state index is 11.5. The van der Waals surface area contributed by atoms with E-state index in [2.05, 4.69) is 20.3 Å². The van der Waals surface area contributed by atoms with Crippen molar-refractivity contribution in [3.05, 3.63) is 48.2 Å². The van der Waals surface area contributed by atoms with Gasteiger partial charge in [0.05, 0.1) is 30.4 Å². The highest BCUT2D eigenvalue weighted by Gasteiger charge is 2.28. The molecule has 3 aromatic rings. The fraction of sp³-hybridized carbons (Fsp3) is 0.316. The van der Waals surface area contributed by atoms with Gasteiger partial charge >= 0.3 is 0 Å². The Labute approximate surface area is 178 Å². The van der Waals surface area contributed by atoms with E-state index in [1.807, 2.05) is 11.4 Å². The number of hydrogen-bond donors (Lipinski definition) is 1. The molecule has 1 fully saturated rings. The van der Waals surface area contributed by atoms with Crippen molar-refractivity contribution in [2.24, 2.45) is 0 Å². The monoisotopic (exact) mass is 448 g/mol. The molecule has 0 bridgehead atoms. The zero-order chi connectivity index (χ0) is 20.8. The highest BCUT2D eigenvalue weighted by molar-refractivity contribution is 7.91. The lowest BCUT2D eigenvalue weighted by molar-refractivity contribution is 0.0489. The van der Waals surface area contributed by atoms with E-state index in [9.17, 15) is 8.42 Å². The lowest BCUT2D eigenvalue weighted by atomic mass is 10.3. The third-order valence-corrected chi connectivity index (χ3v) is 6.66. The van der Waals surface area contributed by atoms with Gasteiger partial charge in [-0.15, -0.1) is 11.3 Å². The Kier molecular flexibility index (Phi) is 6.41. The fourth-order valence-electron chi connectivity index (χ4n) is 2.86. The summed E-state index contributed by atoms with van der Waals surface area (Å²) in [5, 5.41) is 5.65. The number of pyridine rings is 2. The Morgan fingerprint density at radius 3 is 2.83 bits per heavy atom. The molecule has 1 aliphatic heterocycles. The normalized spacial score (nSPS) is 17.5. The first kappa shape index (κ1) is 20.5. The van der Waals surface area contributed by atoms with Crippen LogP contribution in [0.2, 0.25) is 0 Å². The molecule has 1 atom stereocenters. The number of nitrogens with one attached hydrogen (secondary N) is 1. The molecule has 4 heterocycles. The second-order valence-corrected chi connectivity index (χ2v) is 9.62. The van der Waals surface area contributed by atoms with Crippen molar-refractivity contribution in [1.82, 2.24) is 15.0 Å². The zero-order valence-electron chi connectivity index (χ0n) is 15.9. The lowest BCUT2D eigenvalue weighted by Gasteiger charge is -2.14. The van der Waals surface area contributed by atoms with E-state index in [0.717, 1.165) is 0 Å². The number of thiazole rings is 1. The summed E-state index contributed by atoms with van der Waals surface area (Å²) in [7, 11) is -2.97. The third-order valence-electron chi connectivity index (χ3n) is 4.23. The van der Waals surface area contributed by atoms with Crippen LogP contribution >= 0.6 is 11.3 Å². The highest BCUT2D eigenvalue weighted by Crippen LogP contribution is 2.31. The fourth-order valence-corrected chi connectivity index (χ4v) is 5.01. The first-order chi connectivity index (χ1) is 14.6. The first-order valence-electron chi connectivity index (χ1n) is 9.28. The molecule has 0 radical (unpaired) electrons. The van der Waals surface area contributed by atoms with Gasteiger partial charge in [0, 0.05) is 29.9 Å². The highest BCUT2D eigenvalue weighted by atomic mass is 32.2. The van der Waals surface area contributed by atoms with Gasteiger partial charge in [-0.2, -0.15) is 0 Å². The van der Waals surface area contributed by atoms with E-state index < -0.39 is 9.84 Å². The van der Waals surface area contributed by atoms with Crippen molar-refractivity contribution in [2.45, 2.75) is 12.5 Å². The molecule has 0 aliphatic carbocycles. The van der Waals surface area contributed by atoms with Crippen LogP contribution in [0.15, 0.2) is 48.2 Å². The van der Waals surface area contributed by atoms with Gasteiger partial charge in [0.15, 0.2) is 32.3 Å². The van der Waals surface area contributed by atoms with Crippen LogP contribution in [0.4, 0.5) is 10.9 Å². The quantitative estimate of drug-likeness (QED) is 0.493. The van der Waals surface area contributed by atoms with E-state index in [4.69, 9.17) is 14.2 Å². The van der Waals surface area contributed by atoms with E-state index >= 15 is 0 Å². The molecule has 0 amide bonds. The predicted molar refractivity (Wildman–Crippen MR) is 112 cm³/mol. The molecular weight excluding hydrogens is 428 g/mol. The number of hydrogen-bond acceptors (Lipinski definition) is 10. The van der Waals surface area contributed by atoms with Gasteiger partial charge in [0.25, 0.3) is 0 Å². The van der Waals surface area contributed by atoms with Gasteiger partial charge in [-0.05, 0) is 12.5 Å². The molecule has 0 aromatic carbocycles. The zero-order valence-corrected chi connectivity index (χ0v) is 17.6. The summed E-state index contributed by atoms with van der Waals surface area (Å²) in [4.78, 5) is 12.7. The molecule has 1 aliphatic rings. The Morgan fingerprint density at radius 2 is 2.10 bits per heavy atom. The Hall–Kier alpha value is -2.76. The molecule has 1 saturated heterocycles. The number of rotatable bonds is 9. The third kappa shape index (κ3) is 5.65. The van der Waals surface area contributed by atoms with Crippen LogP contribution in [-0.2, 0) is 14.6 Å². The minimum Gasteiger partial charge on any atom is -0.487 e. The maximum atomic E-state index is 11.5. The van der Waals surface area contributed by atoms with Crippen molar-refractivity contribution >= 4 is 32.1 Å². The van der Waals surface area contributed by atoms with E-state index in [-0.39, 0.29) is 30.8 Å². The SMILES string of the molecule is O=S1(=O)CCC(OCCOc2cc(Oc3ccccn3)cnc2Nc2nccs2)C1. The van der Waals surface area contributed by atoms with Gasteiger partial charge in [0.2, 0.25) is 5.88 Å². The molecule has 9 nitrogen and oxygen atoms in total. The van der Waals surface area contributed by atoms with Crippen LogP contribution in [0, 0.1) is 0 Å². The summed E-state index contributed by atoms with van der Waals surface area (Å²) in [6.45, 7) is 0.500. The summed E-state index contributed by atoms with van der Waals surface area (Å²) < 4.78 is 40.3. The second kappa shape index (κ2) is 9.37. The Balaban J connectivity index is 1.41. The molecular formula is C19H20N4O5S2. The molecule has 11 heteroatoms. The van der Waals surface area contributed by atoms with E-state index in [0.29, 0.717) is 34.7 Å². The molecule has 3 aromatic heterocycles. The van der Waals surface area contributed by atoms with Crippen LogP contribution in [-0.4, -0.2) is 54.2 Å². The summed E-state index contributed by atoms with van der Waals surface area (Å²) in [5.41, 5.74) is 0. The minimum absolute atomic E-state index is 0.0683. The van der Waals surface area contributed by atoms with Crippen LogP contribution in [0.3, 0.4) is 0 Å². The lowest BCUT2D eigenvalue weighted by Crippen LogP contribution is -2.18. The maximum Gasteiger partial charge on any atom is 0.219 e. The van der Waals surface area contributed by atoms with Crippen molar-refractivity contribution in [3.63, 3.8) is 0 Å². The van der Waals surface area contributed by atoms with Crippen LogP contribution in [0.25, 0.3) is 0 Å². The molecule has 1 unspecified atom stereocenters. The largest absolute Gasteiger partial charge is 0.487 e. The number of anilines is 2. The topological polar surface area (TPSA) is 113 Å². The standard InChI is InChI=1S/C19H20N4O5S2/c24-30(25)10-4-14(13-30)26-7-8-27-16-11-15(28-17-3-1-2-5-20-17)12-22-18(16)23-19-21-6-9-29-19/h1-3,5-6,9,11-12,14H,4,7-8,10,13H2,(H,21,22,23). The number of sulfone groups is 1. The first-order valence-corrected chi connectivity index (χ1v) is 12.0. The van der Waals surface area contributed by atoms with Crippen molar-refractivity contribution in [3.8, 4) is 17.4 Å². The molecule has 1 N–H and O–H groups in total. The number of ether oxygens (including phenoxy) is 3. The molecule has 0 spiro atoms. The Morgan fingerprint density at radius 1 is 1.17 bits per heavy atom. The van der Waals surface area contributed by atoms with Gasteiger partial charge in [0.1, 0.15) is 6.61 Å². The molecule has 0 saturated carbocycles. The molecule has 30 heavy (non-hydrogen) atoms. The predicted octanol–water partition coefficient (Wildman–Crippen LogP) is 3.05. The molecule has 158 valence electrons. The number of aromatic nitrogens is 3. The van der Waals surface area contributed by atoms with Crippen LogP contribution in [0.1, 0.15) is 6.42 Å². The summed E-state index contributed by atoms with van der Waals surface area (Å²) >= 11 is 1.44. The van der Waals surface area contributed by atoms with Gasteiger partial charge in [-0.3, -0.25) is 0 Å². The Bertz CT molecular complexity index is 1060.